The summed E-state index contributed by atoms with van der Waals surface area (Å²) in [6, 6.07) is 7.56. The number of hydrogen-bond donors (Lipinski definition) is 1. The van der Waals surface area contributed by atoms with E-state index in [1.807, 2.05) is 12.1 Å². The molecule has 1 N–H and O–H groups in total. The predicted molar refractivity (Wildman–Crippen MR) is 77.9 cm³/mol. The summed E-state index contributed by atoms with van der Waals surface area (Å²) in [5.74, 6) is 0.937. The molecule has 1 fully saturated rings. The monoisotopic (exact) mass is 285 g/mol. The Kier molecular flexibility index (Phi) is 2.47. The van der Waals surface area contributed by atoms with Gasteiger partial charge in [0.05, 0.1) is 17.3 Å². The molecule has 1 aromatic carbocycles. The van der Waals surface area contributed by atoms with Crippen LogP contribution in [-0.2, 0) is 0 Å². The van der Waals surface area contributed by atoms with Crippen molar-refractivity contribution in [2.75, 3.05) is 0 Å². The summed E-state index contributed by atoms with van der Waals surface area (Å²) >= 11 is 5.90. The number of aromatic hydroxyl groups is 1. The third-order valence-corrected chi connectivity index (χ3v) is 3.84. The number of rotatable bonds is 2. The SMILES string of the molecule is Oc1cc(Cl)ccc1-c1nc2cnccc2n1C1CC1. The lowest BCUT2D eigenvalue weighted by molar-refractivity contribution is 0.476. The minimum atomic E-state index is 0.155. The van der Waals surface area contributed by atoms with Crippen molar-refractivity contribution in [2.45, 2.75) is 18.9 Å². The van der Waals surface area contributed by atoms with Crippen molar-refractivity contribution in [2.24, 2.45) is 0 Å². The van der Waals surface area contributed by atoms with E-state index in [0.29, 0.717) is 16.6 Å². The molecule has 2 aromatic heterocycles. The van der Waals surface area contributed by atoms with Gasteiger partial charge in [0.15, 0.2) is 0 Å². The first-order chi connectivity index (χ1) is 9.74. The van der Waals surface area contributed by atoms with Gasteiger partial charge in [0, 0.05) is 17.3 Å². The first-order valence-electron chi connectivity index (χ1n) is 6.55. The van der Waals surface area contributed by atoms with Crippen molar-refractivity contribution in [3.05, 3.63) is 41.7 Å². The number of imidazole rings is 1. The number of aromatic nitrogens is 3. The summed E-state index contributed by atoms with van der Waals surface area (Å²) in [7, 11) is 0. The number of nitrogens with zero attached hydrogens (tertiary/aromatic N) is 3. The molecule has 1 aliphatic rings. The first-order valence-corrected chi connectivity index (χ1v) is 6.92. The van der Waals surface area contributed by atoms with Gasteiger partial charge in [0.2, 0.25) is 0 Å². The van der Waals surface area contributed by atoms with Crippen LogP contribution in [0.4, 0.5) is 0 Å². The molecule has 0 amide bonds. The third kappa shape index (κ3) is 1.76. The van der Waals surface area contributed by atoms with Gasteiger partial charge in [-0.05, 0) is 37.1 Å². The Balaban J connectivity index is 2.01. The Morgan fingerprint density at radius 1 is 1.25 bits per heavy atom. The van der Waals surface area contributed by atoms with E-state index in [0.717, 1.165) is 29.7 Å². The molecular formula is C15H12ClN3O. The molecule has 0 saturated heterocycles. The van der Waals surface area contributed by atoms with Crippen LogP contribution in [0.2, 0.25) is 5.02 Å². The van der Waals surface area contributed by atoms with Gasteiger partial charge >= 0.3 is 0 Å². The zero-order valence-corrected chi connectivity index (χ0v) is 11.4. The van der Waals surface area contributed by atoms with Crippen LogP contribution in [0.15, 0.2) is 36.7 Å². The summed E-state index contributed by atoms with van der Waals surface area (Å²) in [5.41, 5.74) is 2.62. The zero-order valence-electron chi connectivity index (χ0n) is 10.6. The molecule has 5 heteroatoms. The molecule has 100 valence electrons. The van der Waals surface area contributed by atoms with Crippen LogP contribution in [0.1, 0.15) is 18.9 Å². The Morgan fingerprint density at radius 3 is 2.85 bits per heavy atom. The normalized spacial score (nSPS) is 14.8. The molecule has 0 radical (unpaired) electrons. The fourth-order valence-electron chi connectivity index (χ4n) is 2.54. The Labute approximate surface area is 120 Å². The number of hydrogen-bond acceptors (Lipinski definition) is 3. The number of phenols is 1. The van der Waals surface area contributed by atoms with Gasteiger partial charge in [-0.3, -0.25) is 4.98 Å². The fourth-order valence-corrected chi connectivity index (χ4v) is 2.70. The molecule has 4 nitrogen and oxygen atoms in total. The van der Waals surface area contributed by atoms with Crippen LogP contribution >= 0.6 is 11.6 Å². The molecule has 20 heavy (non-hydrogen) atoms. The smallest absolute Gasteiger partial charge is 0.145 e. The van der Waals surface area contributed by atoms with E-state index in [1.165, 1.54) is 0 Å². The molecular weight excluding hydrogens is 274 g/mol. The second-order valence-corrected chi connectivity index (χ2v) is 5.50. The summed E-state index contributed by atoms with van der Waals surface area (Å²) in [5, 5.41) is 10.7. The lowest BCUT2D eigenvalue weighted by Gasteiger charge is -2.09. The van der Waals surface area contributed by atoms with Gasteiger partial charge in [0.25, 0.3) is 0 Å². The average Bonchev–Trinajstić information content (AvgIpc) is 3.19. The van der Waals surface area contributed by atoms with Gasteiger partial charge in [-0.1, -0.05) is 11.6 Å². The number of pyridine rings is 1. The first kappa shape index (κ1) is 11.7. The average molecular weight is 286 g/mol. The number of benzene rings is 1. The molecule has 0 unspecified atom stereocenters. The van der Waals surface area contributed by atoms with Crippen molar-refractivity contribution in [1.82, 2.24) is 14.5 Å². The Morgan fingerprint density at radius 2 is 2.10 bits per heavy atom. The van der Waals surface area contributed by atoms with E-state index in [1.54, 1.807) is 24.5 Å². The summed E-state index contributed by atoms with van der Waals surface area (Å²) < 4.78 is 2.19. The number of fused-ring (bicyclic) bond motifs is 1. The van der Waals surface area contributed by atoms with Crippen molar-refractivity contribution in [3.63, 3.8) is 0 Å². The van der Waals surface area contributed by atoms with E-state index in [-0.39, 0.29) is 5.75 Å². The summed E-state index contributed by atoms with van der Waals surface area (Å²) in [4.78, 5) is 8.75. The highest BCUT2D eigenvalue weighted by Crippen LogP contribution is 2.42. The van der Waals surface area contributed by atoms with E-state index in [4.69, 9.17) is 11.6 Å². The second kappa shape index (κ2) is 4.21. The van der Waals surface area contributed by atoms with E-state index in [9.17, 15) is 5.11 Å². The summed E-state index contributed by atoms with van der Waals surface area (Å²) in [6.07, 6.45) is 5.82. The zero-order chi connectivity index (χ0) is 13.7. The van der Waals surface area contributed by atoms with E-state index < -0.39 is 0 Å². The maximum absolute atomic E-state index is 10.1. The van der Waals surface area contributed by atoms with Crippen LogP contribution in [-0.4, -0.2) is 19.6 Å². The van der Waals surface area contributed by atoms with Gasteiger partial charge in [-0.2, -0.15) is 0 Å². The predicted octanol–water partition coefficient (Wildman–Crippen LogP) is 3.79. The molecule has 0 atom stereocenters. The quantitative estimate of drug-likeness (QED) is 0.779. The Bertz CT molecular complexity index is 808. The van der Waals surface area contributed by atoms with Crippen LogP contribution in [0.25, 0.3) is 22.4 Å². The molecule has 4 rings (SSSR count). The third-order valence-electron chi connectivity index (χ3n) is 3.60. The van der Waals surface area contributed by atoms with Gasteiger partial charge < -0.3 is 9.67 Å². The van der Waals surface area contributed by atoms with Crippen molar-refractivity contribution < 1.29 is 5.11 Å². The van der Waals surface area contributed by atoms with Crippen molar-refractivity contribution >= 4 is 22.6 Å². The largest absolute Gasteiger partial charge is 0.507 e. The van der Waals surface area contributed by atoms with E-state index in [2.05, 4.69) is 14.5 Å². The minimum Gasteiger partial charge on any atom is -0.507 e. The van der Waals surface area contributed by atoms with Gasteiger partial charge in [-0.15, -0.1) is 0 Å². The molecule has 3 aromatic rings. The molecule has 1 aliphatic carbocycles. The maximum Gasteiger partial charge on any atom is 0.145 e. The lowest BCUT2D eigenvalue weighted by atomic mass is 10.2. The topological polar surface area (TPSA) is 50.9 Å². The highest BCUT2D eigenvalue weighted by Gasteiger charge is 2.29. The van der Waals surface area contributed by atoms with E-state index >= 15 is 0 Å². The van der Waals surface area contributed by atoms with Gasteiger partial charge in [-0.25, -0.2) is 4.98 Å². The van der Waals surface area contributed by atoms with Crippen LogP contribution in [0.5, 0.6) is 5.75 Å². The summed E-state index contributed by atoms with van der Waals surface area (Å²) in [6.45, 7) is 0. The standard InChI is InChI=1S/C15H12ClN3O/c16-9-1-4-11(14(20)7-9)15-18-12-8-17-6-5-13(12)19(15)10-2-3-10/h1,4-8,10,20H,2-3H2. The number of phenolic OH excluding ortho intramolecular Hbond substituents is 1. The molecule has 0 aliphatic heterocycles. The highest BCUT2D eigenvalue weighted by molar-refractivity contribution is 6.30. The lowest BCUT2D eigenvalue weighted by Crippen LogP contribution is -1.97. The fraction of sp³-hybridized carbons (Fsp3) is 0.200. The van der Waals surface area contributed by atoms with Crippen LogP contribution in [0.3, 0.4) is 0 Å². The second-order valence-electron chi connectivity index (χ2n) is 5.06. The van der Waals surface area contributed by atoms with Crippen molar-refractivity contribution in [3.8, 4) is 17.1 Å². The molecule has 0 bridgehead atoms. The van der Waals surface area contributed by atoms with Crippen LogP contribution < -0.4 is 0 Å². The molecule has 0 spiro atoms. The highest BCUT2D eigenvalue weighted by atomic mass is 35.5. The maximum atomic E-state index is 10.1. The molecule has 1 saturated carbocycles. The minimum absolute atomic E-state index is 0.155. The number of halogens is 1. The molecule has 2 heterocycles. The van der Waals surface area contributed by atoms with Gasteiger partial charge in [0.1, 0.15) is 17.1 Å². The van der Waals surface area contributed by atoms with Crippen molar-refractivity contribution in [1.29, 1.82) is 0 Å². The Hall–Kier alpha value is -2.07. The van der Waals surface area contributed by atoms with Crippen LogP contribution in [0, 0.1) is 0 Å².